The van der Waals surface area contributed by atoms with Gasteiger partial charge in [0.2, 0.25) is 0 Å². The molecule has 1 heterocycles. The molecule has 13 heteroatoms. The number of carboxylic acid groups (broad SMARTS) is 1. The first-order valence-electron chi connectivity index (χ1n) is 8.46. The summed E-state index contributed by atoms with van der Waals surface area (Å²) in [7, 11) is -10.2. The predicted molar refractivity (Wildman–Crippen MR) is 98.7 cm³/mol. The Balaban J connectivity index is 2.32. The lowest BCUT2D eigenvalue weighted by molar-refractivity contribution is -0.141. The molecule has 0 radical (unpaired) electrons. The average Bonchev–Trinajstić information content (AvgIpc) is 2.67. The average molecular weight is 469 g/mol. The third-order valence-corrected chi connectivity index (χ3v) is 8.82. The largest absolute Gasteiger partial charge is 0.511 e. The van der Waals surface area contributed by atoms with Crippen LogP contribution in [0.15, 0.2) is 29.2 Å². The molecular formula is C17H18F3NO7S2. The Morgan fingerprint density at radius 1 is 1.17 bits per heavy atom. The lowest BCUT2D eigenvalue weighted by Gasteiger charge is -2.37. The summed E-state index contributed by atoms with van der Waals surface area (Å²) in [4.78, 5) is 11.5. The number of piperidine rings is 1. The summed E-state index contributed by atoms with van der Waals surface area (Å²) in [5.74, 6) is 3.77. The Morgan fingerprint density at radius 3 is 2.13 bits per heavy atom. The van der Waals surface area contributed by atoms with Crippen LogP contribution in [0.25, 0.3) is 0 Å². The van der Waals surface area contributed by atoms with Crippen molar-refractivity contribution in [2.24, 2.45) is 0 Å². The third-order valence-electron chi connectivity index (χ3n) is 4.69. The van der Waals surface area contributed by atoms with Gasteiger partial charge in [0.15, 0.2) is 14.6 Å². The fourth-order valence-corrected chi connectivity index (χ4v) is 5.82. The van der Waals surface area contributed by atoms with Gasteiger partial charge in [0.1, 0.15) is 12.4 Å². The van der Waals surface area contributed by atoms with Crippen LogP contribution >= 0.6 is 0 Å². The molecule has 1 aliphatic rings. The van der Waals surface area contributed by atoms with Gasteiger partial charge in [-0.1, -0.05) is 5.92 Å². The molecule has 0 atom stereocenters. The highest BCUT2D eigenvalue weighted by atomic mass is 32.2. The van der Waals surface area contributed by atoms with Crippen molar-refractivity contribution in [3.8, 4) is 17.6 Å². The number of hydrogen-bond donors (Lipinski definition) is 1. The molecule has 1 fully saturated rings. The lowest BCUT2D eigenvalue weighted by Crippen LogP contribution is -2.56. The molecule has 0 unspecified atom stereocenters. The number of carbonyl (C=O) groups is 1. The summed E-state index contributed by atoms with van der Waals surface area (Å²) in [6.07, 6.45) is -1.66. The third kappa shape index (κ3) is 4.26. The number of alkyl halides is 3. The lowest BCUT2D eigenvalue weighted by atomic mass is 9.97. The molecule has 0 spiro atoms. The summed E-state index contributed by atoms with van der Waals surface area (Å²) in [5.41, 5.74) is -5.56. The zero-order valence-electron chi connectivity index (χ0n) is 15.6. The number of aliphatic carboxylic acids is 1. The summed E-state index contributed by atoms with van der Waals surface area (Å²) in [6, 6.07) is 4.83. The van der Waals surface area contributed by atoms with E-state index in [0.29, 0.717) is 0 Å². The first-order valence-corrected chi connectivity index (χ1v) is 11.4. The molecule has 1 saturated heterocycles. The second-order valence-electron chi connectivity index (χ2n) is 6.34. The Hall–Kier alpha value is -2.30. The molecule has 0 amide bonds. The SMILES string of the molecule is CC#CCOc1ccc(S(=O)(=O)C2(C(=O)O)CCN(S(=O)(=O)C(F)(F)F)CC2)cc1. The van der Waals surface area contributed by atoms with Crippen LogP contribution in [0, 0.1) is 11.8 Å². The van der Waals surface area contributed by atoms with Gasteiger partial charge in [0.25, 0.3) is 0 Å². The zero-order chi connectivity index (χ0) is 22.8. The molecule has 30 heavy (non-hydrogen) atoms. The summed E-state index contributed by atoms with van der Waals surface area (Å²) >= 11 is 0. The number of benzene rings is 1. The minimum Gasteiger partial charge on any atom is -0.481 e. The number of carboxylic acids is 1. The van der Waals surface area contributed by atoms with Crippen LogP contribution in [0.1, 0.15) is 19.8 Å². The van der Waals surface area contributed by atoms with E-state index in [4.69, 9.17) is 4.74 Å². The maximum Gasteiger partial charge on any atom is 0.511 e. The van der Waals surface area contributed by atoms with Gasteiger partial charge in [-0.15, -0.1) is 5.92 Å². The molecule has 0 aliphatic carbocycles. The number of halogens is 3. The van der Waals surface area contributed by atoms with Gasteiger partial charge in [-0.25, -0.2) is 16.8 Å². The second kappa shape index (κ2) is 8.44. The van der Waals surface area contributed by atoms with Crippen molar-refractivity contribution in [3.63, 3.8) is 0 Å². The van der Waals surface area contributed by atoms with Gasteiger partial charge in [0.05, 0.1) is 4.90 Å². The molecule has 1 aromatic carbocycles. The highest BCUT2D eigenvalue weighted by molar-refractivity contribution is 7.93. The van der Waals surface area contributed by atoms with Crippen molar-refractivity contribution >= 4 is 25.8 Å². The predicted octanol–water partition coefficient (Wildman–Crippen LogP) is 1.63. The van der Waals surface area contributed by atoms with Crippen LogP contribution in [0.2, 0.25) is 0 Å². The monoisotopic (exact) mass is 469 g/mol. The maximum absolute atomic E-state index is 13.0. The molecule has 0 aromatic heterocycles. The molecule has 1 aromatic rings. The van der Waals surface area contributed by atoms with Crippen molar-refractivity contribution in [1.29, 1.82) is 0 Å². The maximum atomic E-state index is 13.0. The van der Waals surface area contributed by atoms with Gasteiger partial charge < -0.3 is 9.84 Å². The first-order chi connectivity index (χ1) is 13.8. The van der Waals surface area contributed by atoms with E-state index in [1.807, 2.05) is 0 Å². The highest BCUT2D eigenvalue weighted by Crippen LogP contribution is 2.39. The van der Waals surface area contributed by atoms with Crippen LogP contribution in [0.5, 0.6) is 5.75 Å². The Morgan fingerprint density at radius 2 is 1.70 bits per heavy atom. The normalized spacial score (nSPS) is 17.6. The van der Waals surface area contributed by atoms with Crippen LogP contribution in [-0.2, 0) is 24.7 Å². The van der Waals surface area contributed by atoms with E-state index >= 15 is 0 Å². The number of hydrogen-bond acceptors (Lipinski definition) is 6. The summed E-state index contributed by atoms with van der Waals surface area (Å²) in [6.45, 7) is -0.130. The van der Waals surface area contributed by atoms with E-state index in [1.54, 1.807) is 6.92 Å². The smallest absolute Gasteiger partial charge is 0.481 e. The van der Waals surface area contributed by atoms with E-state index in [0.717, 1.165) is 12.1 Å². The number of rotatable bonds is 6. The van der Waals surface area contributed by atoms with Crippen molar-refractivity contribution in [1.82, 2.24) is 4.31 Å². The Labute approximate surface area is 171 Å². The van der Waals surface area contributed by atoms with Gasteiger partial charge >= 0.3 is 21.5 Å². The summed E-state index contributed by atoms with van der Waals surface area (Å²) in [5, 5.41) is 9.62. The molecule has 166 valence electrons. The number of ether oxygens (including phenoxy) is 1. The summed E-state index contributed by atoms with van der Waals surface area (Å²) < 4.78 is 90.2. The van der Waals surface area contributed by atoms with E-state index in [-0.39, 0.29) is 21.6 Å². The van der Waals surface area contributed by atoms with Crippen molar-refractivity contribution < 1.29 is 44.6 Å². The Kier molecular flexibility index (Phi) is 6.75. The number of sulfonamides is 1. The minimum absolute atomic E-state index is 0.0510. The van der Waals surface area contributed by atoms with E-state index in [9.17, 15) is 39.9 Å². The van der Waals surface area contributed by atoms with Crippen molar-refractivity contribution in [2.45, 2.75) is 34.9 Å². The molecule has 0 saturated carbocycles. The quantitative estimate of drug-likeness (QED) is 0.629. The number of nitrogens with zero attached hydrogens (tertiary/aromatic N) is 1. The number of sulfone groups is 1. The molecule has 1 N–H and O–H groups in total. The second-order valence-corrected chi connectivity index (χ2v) is 10.5. The van der Waals surface area contributed by atoms with E-state index in [2.05, 4.69) is 11.8 Å². The van der Waals surface area contributed by atoms with Crippen LogP contribution < -0.4 is 4.74 Å². The molecule has 2 rings (SSSR count). The van der Waals surface area contributed by atoms with Crippen LogP contribution in [-0.4, -0.2) is 62.2 Å². The fraction of sp³-hybridized carbons (Fsp3) is 0.471. The van der Waals surface area contributed by atoms with Gasteiger partial charge in [-0.3, -0.25) is 4.79 Å². The van der Waals surface area contributed by atoms with Crippen LogP contribution in [0.4, 0.5) is 13.2 Å². The van der Waals surface area contributed by atoms with Crippen molar-refractivity contribution in [3.05, 3.63) is 24.3 Å². The van der Waals surface area contributed by atoms with E-state index in [1.165, 1.54) is 12.1 Å². The molecule has 8 nitrogen and oxygen atoms in total. The van der Waals surface area contributed by atoms with Gasteiger partial charge in [-0.2, -0.15) is 17.5 Å². The fourth-order valence-electron chi connectivity index (χ4n) is 2.96. The zero-order valence-corrected chi connectivity index (χ0v) is 17.3. The topological polar surface area (TPSA) is 118 Å². The standard InChI is InChI=1S/C17H18F3NO7S2/c1-2-3-12-28-13-4-6-14(7-5-13)29(24,25)16(15(22)23)8-10-21(11-9-16)30(26,27)17(18,19)20/h4-7H,8-12H2,1H3,(H,22,23). The minimum atomic E-state index is -5.68. The molecular weight excluding hydrogens is 451 g/mol. The van der Waals surface area contributed by atoms with E-state index < -0.39 is 62.0 Å². The molecule has 0 bridgehead atoms. The Bertz CT molecular complexity index is 1060. The van der Waals surface area contributed by atoms with Gasteiger partial charge in [-0.05, 0) is 44.0 Å². The molecule has 1 aliphatic heterocycles. The van der Waals surface area contributed by atoms with Crippen molar-refractivity contribution in [2.75, 3.05) is 19.7 Å². The van der Waals surface area contributed by atoms with Crippen LogP contribution in [0.3, 0.4) is 0 Å². The first kappa shape index (κ1) is 24.0. The highest BCUT2D eigenvalue weighted by Gasteiger charge is 2.57. The van der Waals surface area contributed by atoms with Gasteiger partial charge in [0, 0.05) is 13.1 Å².